The Hall–Kier alpha value is -1.88. The number of aromatic carboxylic acids is 1. The third-order valence-electron chi connectivity index (χ3n) is 2.87. The average Bonchev–Trinajstić information content (AvgIpc) is 2.84. The van der Waals surface area contributed by atoms with Crippen molar-refractivity contribution in [1.82, 2.24) is 4.98 Å². The molecule has 2 aromatic rings. The largest absolute Gasteiger partial charge is 0.491 e. The predicted molar refractivity (Wildman–Crippen MR) is 84.4 cm³/mol. The van der Waals surface area contributed by atoms with E-state index in [-0.39, 0.29) is 12.0 Å². The lowest BCUT2D eigenvalue weighted by Gasteiger charge is -2.09. The molecule has 0 fully saturated rings. The van der Waals surface area contributed by atoms with Crippen LogP contribution in [-0.4, -0.2) is 22.2 Å². The third kappa shape index (κ3) is 3.61. The van der Waals surface area contributed by atoms with Gasteiger partial charge in [-0.2, -0.15) is 0 Å². The lowest BCUT2D eigenvalue weighted by atomic mass is 10.1. The summed E-state index contributed by atoms with van der Waals surface area (Å²) in [4.78, 5) is 16.1. The van der Waals surface area contributed by atoms with Crippen molar-refractivity contribution in [2.75, 3.05) is 0 Å². The van der Waals surface area contributed by atoms with E-state index in [0.29, 0.717) is 10.6 Å². The molecule has 0 saturated carbocycles. The van der Waals surface area contributed by atoms with Crippen LogP contribution in [0.4, 0.5) is 0 Å². The van der Waals surface area contributed by atoms with E-state index < -0.39 is 5.97 Å². The Morgan fingerprint density at radius 1 is 1.19 bits per heavy atom. The van der Waals surface area contributed by atoms with Crippen molar-refractivity contribution in [3.8, 4) is 16.3 Å². The number of hydrogen-bond acceptors (Lipinski definition) is 4. The Balaban J connectivity index is 2.34. The van der Waals surface area contributed by atoms with Crippen LogP contribution in [0.15, 0.2) is 24.3 Å². The maximum absolute atomic E-state index is 11.3. The number of carboxylic acids is 1. The minimum Gasteiger partial charge on any atom is -0.491 e. The molecular formula is C16H19NO3S. The van der Waals surface area contributed by atoms with Gasteiger partial charge in [-0.1, -0.05) is 13.8 Å². The van der Waals surface area contributed by atoms with Crippen LogP contribution in [0.5, 0.6) is 5.75 Å². The van der Waals surface area contributed by atoms with Crippen molar-refractivity contribution in [1.29, 1.82) is 0 Å². The topological polar surface area (TPSA) is 59.4 Å². The minimum atomic E-state index is -0.915. The van der Waals surface area contributed by atoms with Gasteiger partial charge in [0.2, 0.25) is 0 Å². The van der Waals surface area contributed by atoms with Gasteiger partial charge in [-0.15, -0.1) is 11.3 Å². The summed E-state index contributed by atoms with van der Waals surface area (Å²) in [5, 5.41) is 10.00. The summed E-state index contributed by atoms with van der Waals surface area (Å²) in [6, 6.07) is 7.58. The molecular weight excluding hydrogens is 286 g/mol. The molecule has 21 heavy (non-hydrogen) atoms. The number of carbonyl (C=O) groups is 1. The van der Waals surface area contributed by atoms with Gasteiger partial charge < -0.3 is 9.84 Å². The Morgan fingerprint density at radius 2 is 1.81 bits per heavy atom. The molecule has 0 unspecified atom stereocenters. The average molecular weight is 305 g/mol. The van der Waals surface area contributed by atoms with Gasteiger partial charge in [0.25, 0.3) is 0 Å². The first kappa shape index (κ1) is 15.5. The van der Waals surface area contributed by atoms with Gasteiger partial charge in [0.15, 0.2) is 0 Å². The molecule has 1 aromatic carbocycles. The van der Waals surface area contributed by atoms with E-state index in [1.165, 1.54) is 11.3 Å². The van der Waals surface area contributed by atoms with Crippen molar-refractivity contribution < 1.29 is 14.6 Å². The van der Waals surface area contributed by atoms with E-state index in [0.717, 1.165) is 16.3 Å². The molecule has 4 nitrogen and oxygen atoms in total. The third-order valence-corrected chi connectivity index (χ3v) is 3.98. The number of ether oxygens (including phenoxy) is 1. The zero-order chi connectivity index (χ0) is 15.6. The van der Waals surface area contributed by atoms with Gasteiger partial charge in [-0.3, -0.25) is 0 Å². The maximum atomic E-state index is 11.3. The molecule has 1 heterocycles. The first-order valence-electron chi connectivity index (χ1n) is 6.89. The molecule has 2 rings (SSSR count). The highest BCUT2D eigenvalue weighted by atomic mass is 32.1. The summed E-state index contributed by atoms with van der Waals surface area (Å²) in [6.07, 6.45) is 0.127. The Kier molecular flexibility index (Phi) is 4.63. The van der Waals surface area contributed by atoms with Crippen LogP contribution >= 0.6 is 11.3 Å². The summed E-state index contributed by atoms with van der Waals surface area (Å²) < 4.78 is 5.60. The van der Waals surface area contributed by atoms with Gasteiger partial charge in [-0.25, -0.2) is 9.78 Å². The molecule has 1 N–H and O–H groups in total. The van der Waals surface area contributed by atoms with Crippen LogP contribution in [0.1, 0.15) is 49.0 Å². The molecule has 0 saturated heterocycles. The molecule has 0 radical (unpaired) electrons. The van der Waals surface area contributed by atoms with Crippen molar-refractivity contribution in [2.45, 2.75) is 39.7 Å². The second-order valence-electron chi connectivity index (χ2n) is 5.38. The zero-order valence-electron chi connectivity index (χ0n) is 12.6. The monoisotopic (exact) mass is 305 g/mol. The van der Waals surface area contributed by atoms with Crippen molar-refractivity contribution >= 4 is 17.3 Å². The molecule has 0 aliphatic carbocycles. The second-order valence-corrected chi connectivity index (χ2v) is 6.38. The first-order chi connectivity index (χ1) is 9.88. The summed E-state index contributed by atoms with van der Waals surface area (Å²) in [5.41, 5.74) is 1.55. The van der Waals surface area contributed by atoms with Crippen molar-refractivity contribution in [3.63, 3.8) is 0 Å². The molecule has 1 aromatic heterocycles. The minimum absolute atomic E-state index is 0.0876. The summed E-state index contributed by atoms with van der Waals surface area (Å²) in [7, 11) is 0. The Labute approximate surface area is 128 Å². The summed E-state index contributed by atoms with van der Waals surface area (Å²) in [6.45, 7) is 7.85. The molecule has 112 valence electrons. The lowest BCUT2D eigenvalue weighted by molar-refractivity contribution is 0.0700. The predicted octanol–water partition coefficient (Wildman–Crippen LogP) is 4.42. The summed E-state index contributed by atoms with van der Waals surface area (Å²) in [5.74, 6) is -0.0280. The molecule has 0 atom stereocenters. The normalized spacial score (nSPS) is 11.1. The number of rotatable bonds is 5. The Bertz CT molecular complexity index is 629. The fraction of sp³-hybridized carbons (Fsp3) is 0.375. The van der Waals surface area contributed by atoms with Crippen LogP contribution < -0.4 is 4.74 Å². The van der Waals surface area contributed by atoms with E-state index in [1.807, 2.05) is 52.0 Å². The number of carboxylic acid groups (broad SMARTS) is 1. The van der Waals surface area contributed by atoms with E-state index in [1.54, 1.807) is 0 Å². The number of nitrogens with zero attached hydrogens (tertiary/aromatic N) is 1. The van der Waals surface area contributed by atoms with Crippen LogP contribution in [0.25, 0.3) is 10.6 Å². The number of thiazole rings is 1. The van der Waals surface area contributed by atoms with E-state index in [2.05, 4.69) is 4.98 Å². The van der Waals surface area contributed by atoms with Crippen LogP contribution in [0, 0.1) is 0 Å². The van der Waals surface area contributed by atoms with Crippen molar-refractivity contribution in [2.24, 2.45) is 0 Å². The van der Waals surface area contributed by atoms with Crippen LogP contribution in [-0.2, 0) is 0 Å². The van der Waals surface area contributed by atoms with E-state index in [9.17, 15) is 9.90 Å². The standard InChI is InChI=1S/C16H19NO3S/c1-9(2)13-14(16(18)19)21-15(17-13)11-5-7-12(8-6-11)20-10(3)4/h5-10H,1-4H3,(H,18,19). The molecule has 0 aliphatic heterocycles. The maximum Gasteiger partial charge on any atom is 0.347 e. The molecule has 0 bridgehead atoms. The van der Waals surface area contributed by atoms with Gasteiger partial charge >= 0.3 is 5.97 Å². The first-order valence-corrected chi connectivity index (χ1v) is 7.71. The van der Waals surface area contributed by atoms with Gasteiger partial charge in [0.1, 0.15) is 15.6 Å². The quantitative estimate of drug-likeness (QED) is 0.888. The molecule has 0 amide bonds. The highest BCUT2D eigenvalue weighted by molar-refractivity contribution is 7.17. The Morgan fingerprint density at radius 3 is 2.24 bits per heavy atom. The van der Waals surface area contributed by atoms with Crippen LogP contribution in [0.3, 0.4) is 0 Å². The summed E-state index contributed by atoms with van der Waals surface area (Å²) >= 11 is 1.22. The zero-order valence-corrected chi connectivity index (χ0v) is 13.4. The number of benzene rings is 1. The number of aromatic nitrogens is 1. The van der Waals surface area contributed by atoms with Crippen molar-refractivity contribution in [3.05, 3.63) is 34.8 Å². The number of hydrogen-bond donors (Lipinski definition) is 1. The highest BCUT2D eigenvalue weighted by Gasteiger charge is 2.20. The van der Waals surface area contributed by atoms with Gasteiger partial charge in [0, 0.05) is 5.56 Å². The lowest BCUT2D eigenvalue weighted by Crippen LogP contribution is -2.05. The fourth-order valence-corrected chi connectivity index (χ4v) is 3.01. The van der Waals surface area contributed by atoms with Gasteiger partial charge in [-0.05, 0) is 44.0 Å². The molecule has 0 aliphatic rings. The van der Waals surface area contributed by atoms with Crippen LogP contribution in [0.2, 0.25) is 0 Å². The molecule has 5 heteroatoms. The second kappa shape index (κ2) is 6.26. The van der Waals surface area contributed by atoms with E-state index in [4.69, 9.17) is 4.74 Å². The SMILES string of the molecule is CC(C)Oc1ccc(-c2nc(C(C)C)c(C(=O)O)s2)cc1. The fourth-order valence-electron chi connectivity index (χ4n) is 1.95. The van der Waals surface area contributed by atoms with Gasteiger partial charge in [0.05, 0.1) is 11.8 Å². The molecule has 0 spiro atoms. The van der Waals surface area contributed by atoms with E-state index >= 15 is 0 Å². The smallest absolute Gasteiger partial charge is 0.347 e. The highest BCUT2D eigenvalue weighted by Crippen LogP contribution is 2.32.